The van der Waals surface area contributed by atoms with Gasteiger partial charge in [0.2, 0.25) is 0 Å². The van der Waals surface area contributed by atoms with Crippen molar-refractivity contribution >= 4 is 5.97 Å². The maximum Gasteiger partial charge on any atom is 0.303 e. The van der Waals surface area contributed by atoms with Crippen LogP contribution in [-0.2, 0) is 14.3 Å². The van der Waals surface area contributed by atoms with Gasteiger partial charge in [-0.25, -0.2) is 0 Å². The van der Waals surface area contributed by atoms with E-state index in [1.807, 2.05) is 0 Å². The molecular formula is C8H14O4. The Kier molecular flexibility index (Phi) is 3.49. The highest BCUT2D eigenvalue weighted by Gasteiger charge is 2.27. The predicted octanol–water partition coefficient (Wildman–Crippen LogP) is 0.513. The molecule has 1 fully saturated rings. The normalized spacial score (nSPS) is 30.1. The van der Waals surface area contributed by atoms with E-state index in [2.05, 4.69) is 0 Å². The van der Waals surface area contributed by atoms with E-state index in [-0.39, 0.29) is 18.4 Å². The van der Waals surface area contributed by atoms with Crippen molar-refractivity contribution in [3.63, 3.8) is 0 Å². The number of carbonyl (C=O) groups is 1. The Hall–Kier alpha value is -0.610. The highest BCUT2D eigenvalue weighted by atomic mass is 16.5. The van der Waals surface area contributed by atoms with Crippen LogP contribution in [-0.4, -0.2) is 37.5 Å². The molecule has 0 radical (unpaired) electrons. The summed E-state index contributed by atoms with van der Waals surface area (Å²) in [5.41, 5.74) is 0. The second kappa shape index (κ2) is 4.42. The molecule has 2 atom stereocenters. The molecule has 1 saturated heterocycles. The van der Waals surface area contributed by atoms with Gasteiger partial charge < -0.3 is 14.6 Å². The number of hydrogen-bond donors (Lipinski definition) is 1. The van der Waals surface area contributed by atoms with E-state index >= 15 is 0 Å². The fraction of sp³-hybridized carbons (Fsp3) is 0.875. The van der Waals surface area contributed by atoms with E-state index in [0.717, 1.165) is 6.42 Å². The van der Waals surface area contributed by atoms with E-state index in [9.17, 15) is 4.79 Å². The van der Waals surface area contributed by atoms with Gasteiger partial charge in [0.05, 0.1) is 19.1 Å². The summed E-state index contributed by atoms with van der Waals surface area (Å²) >= 11 is 0. The first-order chi connectivity index (χ1) is 5.74. The SMILES string of the molecule is CO[C@@H]1COCC[C@@H]1CC(=O)O. The van der Waals surface area contributed by atoms with Crippen LogP contribution >= 0.6 is 0 Å². The van der Waals surface area contributed by atoms with Gasteiger partial charge >= 0.3 is 5.97 Å². The molecule has 70 valence electrons. The molecule has 1 aliphatic rings. The molecule has 4 heteroatoms. The summed E-state index contributed by atoms with van der Waals surface area (Å²) in [5, 5.41) is 8.58. The van der Waals surface area contributed by atoms with Crippen molar-refractivity contribution in [1.29, 1.82) is 0 Å². The van der Waals surface area contributed by atoms with Crippen LogP contribution in [0.5, 0.6) is 0 Å². The lowest BCUT2D eigenvalue weighted by molar-refractivity contribution is -0.142. The largest absolute Gasteiger partial charge is 0.481 e. The molecular weight excluding hydrogens is 160 g/mol. The average molecular weight is 174 g/mol. The van der Waals surface area contributed by atoms with Gasteiger partial charge in [0, 0.05) is 13.7 Å². The third-order valence-electron chi connectivity index (χ3n) is 2.18. The first-order valence-corrected chi connectivity index (χ1v) is 4.06. The molecule has 0 amide bonds. The molecule has 1 heterocycles. The minimum absolute atomic E-state index is 0.0464. The quantitative estimate of drug-likeness (QED) is 0.677. The van der Waals surface area contributed by atoms with Gasteiger partial charge in [-0.05, 0) is 12.3 Å². The first-order valence-electron chi connectivity index (χ1n) is 4.06. The summed E-state index contributed by atoms with van der Waals surface area (Å²) in [6, 6.07) is 0. The highest BCUT2D eigenvalue weighted by molar-refractivity contribution is 5.67. The van der Waals surface area contributed by atoms with Crippen molar-refractivity contribution in [2.75, 3.05) is 20.3 Å². The van der Waals surface area contributed by atoms with Gasteiger partial charge in [0.15, 0.2) is 0 Å². The Morgan fingerprint density at radius 2 is 2.50 bits per heavy atom. The molecule has 1 rings (SSSR count). The van der Waals surface area contributed by atoms with Crippen LogP contribution < -0.4 is 0 Å². The zero-order valence-electron chi connectivity index (χ0n) is 7.16. The Bertz CT molecular complexity index is 157. The van der Waals surface area contributed by atoms with Crippen molar-refractivity contribution in [3.05, 3.63) is 0 Å². The third kappa shape index (κ3) is 2.46. The third-order valence-corrected chi connectivity index (χ3v) is 2.18. The topological polar surface area (TPSA) is 55.8 Å². The van der Waals surface area contributed by atoms with Gasteiger partial charge in [-0.3, -0.25) is 4.79 Å². The van der Waals surface area contributed by atoms with Gasteiger partial charge in [-0.15, -0.1) is 0 Å². The van der Waals surface area contributed by atoms with Crippen LogP contribution in [0.2, 0.25) is 0 Å². The van der Waals surface area contributed by atoms with Gasteiger partial charge in [-0.2, -0.15) is 0 Å². The van der Waals surface area contributed by atoms with Crippen LogP contribution in [0.3, 0.4) is 0 Å². The molecule has 0 unspecified atom stereocenters. The number of aliphatic carboxylic acids is 1. The summed E-state index contributed by atoms with van der Waals surface area (Å²) in [7, 11) is 1.59. The summed E-state index contributed by atoms with van der Waals surface area (Å²) < 4.78 is 10.3. The Morgan fingerprint density at radius 3 is 3.08 bits per heavy atom. The standard InChI is InChI=1S/C8H14O4/c1-11-7-5-12-3-2-6(7)4-8(9)10/h6-7H,2-5H2,1H3,(H,9,10)/t6-,7-/m1/s1. The first kappa shape index (κ1) is 9.48. The fourth-order valence-corrected chi connectivity index (χ4v) is 1.47. The lowest BCUT2D eigenvalue weighted by Crippen LogP contribution is -2.35. The van der Waals surface area contributed by atoms with E-state index in [0.29, 0.717) is 13.2 Å². The second-order valence-corrected chi connectivity index (χ2v) is 3.00. The summed E-state index contributed by atoms with van der Waals surface area (Å²) in [6.07, 6.45) is 0.919. The monoisotopic (exact) mass is 174 g/mol. The van der Waals surface area contributed by atoms with E-state index in [1.54, 1.807) is 7.11 Å². The number of hydrogen-bond acceptors (Lipinski definition) is 3. The zero-order chi connectivity index (χ0) is 8.97. The van der Waals surface area contributed by atoms with Crippen LogP contribution in [0.1, 0.15) is 12.8 Å². The van der Waals surface area contributed by atoms with Crippen molar-refractivity contribution in [2.45, 2.75) is 18.9 Å². The van der Waals surface area contributed by atoms with Crippen molar-refractivity contribution in [3.8, 4) is 0 Å². The molecule has 4 nitrogen and oxygen atoms in total. The smallest absolute Gasteiger partial charge is 0.303 e. The molecule has 1 N–H and O–H groups in total. The van der Waals surface area contributed by atoms with Gasteiger partial charge in [0.25, 0.3) is 0 Å². The maximum atomic E-state index is 10.4. The number of rotatable bonds is 3. The van der Waals surface area contributed by atoms with Gasteiger partial charge in [0.1, 0.15) is 0 Å². The van der Waals surface area contributed by atoms with Crippen molar-refractivity contribution in [2.24, 2.45) is 5.92 Å². The van der Waals surface area contributed by atoms with Crippen molar-refractivity contribution in [1.82, 2.24) is 0 Å². The molecule has 12 heavy (non-hydrogen) atoms. The Morgan fingerprint density at radius 1 is 1.75 bits per heavy atom. The average Bonchev–Trinajstić information content (AvgIpc) is 2.04. The lowest BCUT2D eigenvalue weighted by atomic mass is 9.94. The van der Waals surface area contributed by atoms with Crippen molar-refractivity contribution < 1.29 is 19.4 Å². The summed E-state index contributed by atoms with van der Waals surface area (Å²) in [5.74, 6) is -0.648. The number of methoxy groups -OCH3 is 1. The Balaban J connectivity index is 2.41. The van der Waals surface area contributed by atoms with Crippen LogP contribution in [0.15, 0.2) is 0 Å². The highest BCUT2D eigenvalue weighted by Crippen LogP contribution is 2.21. The molecule has 1 aliphatic heterocycles. The summed E-state index contributed by atoms with van der Waals surface area (Å²) in [6.45, 7) is 1.17. The fourth-order valence-electron chi connectivity index (χ4n) is 1.47. The number of carboxylic acid groups (broad SMARTS) is 1. The molecule has 0 aromatic carbocycles. The number of ether oxygens (including phenoxy) is 2. The van der Waals surface area contributed by atoms with Crippen LogP contribution in [0.25, 0.3) is 0 Å². The summed E-state index contributed by atoms with van der Waals surface area (Å²) in [4.78, 5) is 10.4. The van der Waals surface area contributed by atoms with Gasteiger partial charge in [-0.1, -0.05) is 0 Å². The lowest BCUT2D eigenvalue weighted by Gasteiger charge is -2.29. The minimum Gasteiger partial charge on any atom is -0.481 e. The zero-order valence-corrected chi connectivity index (χ0v) is 7.16. The van der Waals surface area contributed by atoms with E-state index < -0.39 is 5.97 Å². The molecule has 0 aromatic rings. The molecule has 0 aliphatic carbocycles. The Labute approximate surface area is 71.5 Å². The predicted molar refractivity (Wildman–Crippen MR) is 42.0 cm³/mol. The second-order valence-electron chi connectivity index (χ2n) is 3.00. The maximum absolute atomic E-state index is 10.4. The molecule has 0 bridgehead atoms. The number of carboxylic acids is 1. The van der Waals surface area contributed by atoms with Crippen LogP contribution in [0, 0.1) is 5.92 Å². The van der Waals surface area contributed by atoms with E-state index in [4.69, 9.17) is 14.6 Å². The molecule has 0 aromatic heterocycles. The minimum atomic E-state index is -0.760. The molecule has 0 spiro atoms. The van der Waals surface area contributed by atoms with Crippen LogP contribution in [0.4, 0.5) is 0 Å². The van der Waals surface area contributed by atoms with E-state index in [1.165, 1.54) is 0 Å². The molecule has 0 saturated carbocycles.